The zero-order chi connectivity index (χ0) is 15.0. The second kappa shape index (κ2) is 8.09. The van der Waals surface area contributed by atoms with E-state index in [0.29, 0.717) is 18.0 Å². The zero-order valence-electron chi connectivity index (χ0n) is 12.4. The summed E-state index contributed by atoms with van der Waals surface area (Å²) in [4.78, 5) is 0. The summed E-state index contributed by atoms with van der Waals surface area (Å²) in [5.74, 6) is 1.25. The van der Waals surface area contributed by atoms with Gasteiger partial charge in [-0.25, -0.2) is 0 Å². The molecular formula is C15H25NO4. The predicted molar refractivity (Wildman–Crippen MR) is 78.3 cm³/mol. The fourth-order valence-corrected chi connectivity index (χ4v) is 1.64. The topological polar surface area (TPSA) is 71.0 Å². The van der Waals surface area contributed by atoms with Crippen molar-refractivity contribution in [2.75, 3.05) is 26.9 Å². The molecule has 20 heavy (non-hydrogen) atoms. The van der Waals surface area contributed by atoms with Crippen LogP contribution >= 0.6 is 0 Å². The third-order valence-electron chi connectivity index (χ3n) is 3.39. The van der Waals surface area contributed by atoms with E-state index >= 15 is 0 Å². The third-order valence-corrected chi connectivity index (χ3v) is 3.39. The monoisotopic (exact) mass is 283 g/mol. The average molecular weight is 283 g/mol. The Labute approximate surface area is 120 Å². The minimum Gasteiger partial charge on any atom is -0.493 e. The van der Waals surface area contributed by atoms with E-state index < -0.39 is 6.10 Å². The van der Waals surface area contributed by atoms with Crippen molar-refractivity contribution < 1.29 is 19.7 Å². The van der Waals surface area contributed by atoms with Gasteiger partial charge in [-0.15, -0.1) is 0 Å². The molecule has 1 aromatic rings. The largest absolute Gasteiger partial charge is 0.493 e. The minimum atomic E-state index is -0.655. The standard InChI is InChI=1S/C15H25NO4/c1-4-15(2,11-17)16-9-12(18)10-20-14-8-6-5-7-13(14)19-3/h5-8,12,16-18H,4,9-11H2,1-3H3. The van der Waals surface area contributed by atoms with E-state index in [1.54, 1.807) is 19.2 Å². The van der Waals surface area contributed by atoms with Crippen molar-refractivity contribution in [2.45, 2.75) is 31.9 Å². The molecule has 0 spiro atoms. The van der Waals surface area contributed by atoms with Crippen molar-refractivity contribution in [1.82, 2.24) is 5.32 Å². The molecule has 0 heterocycles. The van der Waals surface area contributed by atoms with Gasteiger partial charge in [-0.05, 0) is 25.5 Å². The highest BCUT2D eigenvalue weighted by Crippen LogP contribution is 2.25. The Morgan fingerprint density at radius 3 is 2.50 bits per heavy atom. The van der Waals surface area contributed by atoms with Crippen LogP contribution in [0.3, 0.4) is 0 Å². The molecular weight excluding hydrogens is 258 g/mol. The number of β-amino-alcohol motifs (C(OH)–C–C–N with tert-alkyl or cyclic N) is 1. The van der Waals surface area contributed by atoms with Crippen molar-refractivity contribution in [3.63, 3.8) is 0 Å². The molecule has 1 aromatic carbocycles. The van der Waals surface area contributed by atoms with Crippen molar-refractivity contribution in [3.05, 3.63) is 24.3 Å². The van der Waals surface area contributed by atoms with E-state index in [1.165, 1.54) is 0 Å². The van der Waals surface area contributed by atoms with Gasteiger partial charge in [-0.1, -0.05) is 19.1 Å². The molecule has 0 aliphatic heterocycles. The normalized spacial score (nSPS) is 15.4. The van der Waals surface area contributed by atoms with Crippen LogP contribution in [0.2, 0.25) is 0 Å². The Morgan fingerprint density at radius 2 is 1.95 bits per heavy atom. The van der Waals surface area contributed by atoms with Crippen molar-refractivity contribution in [3.8, 4) is 11.5 Å². The fraction of sp³-hybridized carbons (Fsp3) is 0.600. The Hall–Kier alpha value is -1.30. The summed E-state index contributed by atoms with van der Waals surface area (Å²) in [5, 5.41) is 22.3. The van der Waals surface area contributed by atoms with Crippen molar-refractivity contribution in [1.29, 1.82) is 0 Å². The first kappa shape index (κ1) is 16.8. The van der Waals surface area contributed by atoms with Crippen LogP contribution in [0.25, 0.3) is 0 Å². The van der Waals surface area contributed by atoms with Crippen LogP contribution in [-0.2, 0) is 0 Å². The third kappa shape index (κ3) is 5.00. The lowest BCUT2D eigenvalue weighted by molar-refractivity contribution is 0.0855. The molecule has 0 fully saturated rings. The van der Waals surface area contributed by atoms with Gasteiger partial charge in [0, 0.05) is 12.1 Å². The highest BCUT2D eigenvalue weighted by Gasteiger charge is 2.21. The predicted octanol–water partition coefficient (Wildman–Crippen LogP) is 1.19. The lowest BCUT2D eigenvalue weighted by atomic mass is 10.0. The molecule has 114 valence electrons. The van der Waals surface area contributed by atoms with E-state index in [0.717, 1.165) is 6.42 Å². The highest BCUT2D eigenvalue weighted by molar-refractivity contribution is 5.39. The molecule has 1 rings (SSSR count). The first-order valence-corrected chi connectivity index (χ1v) is 6.84. The molecule has 5 nitrogen and oxygen atoms in total. The van der Waals surface area contributed by atoms with Gasteiger partial charge >= 0.3 is 0 Å². The molecule has 0 saturated heterocycles. The van der Waals surface area contributed by atoms with Gasteiger partial charge in [0.2, 0.25) is 0 Å². The number of hydrogen-bond acceptors (Lipinski definition) is 5. The van der Waals surface area contributed by atoms with Crippen LogP contribution in [0, 0.1) is 0 Å². The molecule has 0 aliphatic carbocycles. The Bertz CT molecular complexity index is 393. The van der Waals surface area contributed by atoms with Gasteiger partial charge in [-0.3, -0.25) is 0 Å². The van der Waals surface area contributed by atoms with Crippen LogP contribution in [0.4, 0.5) is 0 Å². The number of hydrogen-bond donors (Lipinski definition) is 3. The van der Waals surface area contributed by atoms with E-state index in [2.05, 4.69) is 5.32 Å². The molecule has 0 aliphatic rings. The molecule has 0 aromatic heterocycles. The number of nitrogens with one attached hydrogen (secondary N) is 1. The summed E-state index contributed by atoms with van der Waals surface area (Å²) in [6.45, 7) is 4.46. The number of methoxy groups -OCH3 is 1. The zero-order valence-corrected chi connectivity index (χ0v) is 12.4. The summed E-state index contributed by atoms with van der Waals surface area (Å²) >= 11 is 0. The number of benzene rings is 1. The van der Waals surface area contributed by atoms with Crippen LogP contribution in [-0.4, -0.2) is 48.7 Å². The van der Waals surface area contributed by atoms with Gasteiger partial charge < -0.3 is 25.0 Å². The van der Waals surface area contributed by atoms with Crippen molar-refractivity contribution >= 4 is 0 Å². The van der Waals surface area contributed by atoms with Crippen molar-refractivity contribution in [2.24, 2.45) is 0 Å². The summed E-state index contributed by atoms with van der Waals surface area (Å²) < 4.78 is 10.7. The highest BCUT2D eigenvalue weighted by atomic mass is 16.5. The number of aliphatic hydroxyl groups excluding tert-OH is 2. The minimum absolute atomic E-state index is 0.0313. The first-order chi connectivity index (χ1) is 9.54. The maximum Gasteiger partial charge on any atom is 0.161 e. The molecule has 5 heteroatoms. The van der Waals surface area contributed by atoms with Crippen LogP contribution in [0.1, 0.15) is 20.3 Å². The summed E-state index contributed by atoms with van der Waals surface area (Å²) in [5.41, 5.74) is -0.370. The Balaban J connectivity index is 2.42. The fourth-order valence-electron chi connectivity index (χ4n) is 1.64. The quantitative estimate of drug-likeness (QED) is 0.635. The van der Waals surface area contributed by atoms with Crippen LogP contribution < -0.4 is 14.8 Å². The van der Waals surface area contributed by atoms with Crippen LogP contribution in [0.15, 0.2) is 24.3 Å². The molecule has 0 radical (unpaired) electrons. The van der Waals surface area contributed by atoms with E-state index in [9.17, 15) is 10.2 Å². The average Bonchev–Trinajstić information content (AvgIpc) is 2.50. The molecule has 2 atom stereocenters. The van der Waals surface area contributed by atoms with Gasteiger partial charge in [-0.2, -0.15) is 0 Å². The number of rotatable bonds is 9. The number of para-hydroxylation sites is 2. The lowest BCUT2D eigenvalue weighted by Gasteiger charge is -2.28. The van der Waals surface area contributed by atoms with E-state index in [1.807, 2.05) is 26.0 Å². The number of aliphatic hydroxyl groups is 2. The second-order valence-electron chi connectivity index (χ2n) is 5.07. The van der Waals surface area contributed by atoms with Crippen LogP contribution in [0.5, 0.6) is 11.5 Å². The lowest BCUT2D eigenvalue weighted by Crippen LogP contribution is -2.49. The summed E-state index contributed by atoms with van der Waals surface area (Å²) in [6, 6.07) is 7.31. The van der Waals surface area contributed by atoms with Gasteiger partial charge in [0.05, 0.1) is 13.7 Å². The van der Waals surface area contributed by atoms with E-state index in [4.69, 9.17) is 9.47 Å². The Kier molecular flexibility index (Phi) is 6.78. The molecule has 0 amide bonds. The molecule has 0 bridgehead atoms. The van der Waals surface area contributed by atoms with E-state index in [-0.39, 0.29) is 18.8 Å². The van der Waals surface area contributed by atoms with Gasteiger partial charge in [0.25, 0.3) is 0 Å². The first-order valence-electron chi connectivity index (χ1n) is 6.84. The second-order valence-corrected chi connectivity index (χ2v) is 5.07. The van der Waals surface area contributed by atoms with Gasteiger partial charge in [0.15, 0.2) is 11.5 Å². The Morgan fingerprint density at radius 1 is 1.30 bits per heavy atom. The number of ether oxygens (including phenoxy) is 2. The molecule has 2 unspecified atom stereocenters. The summed E-state index contributed by atoms with van der Waals surface area (Å²) in [7, 11) is 1.58. The summed E-state index contributed by atoms with van der Waals surface area (Å²) in [6.07, 6.45) is 0.126. The SMILES string of the molecule is CCC(C)(CO)NCC(O)COc1ccccc1OC. The maximum atomic E-state index is 9.92. The van der Waals surface area contributed by atoms with Gasteiger partial charge in [0.1, 0.15) is 12.7 Å². The molecule has 3 N–H and O–H groups in total. The maximum absolute atomic E-state index is 9.92. The smallest absolute Gasteiger partial charge is 0.161 e. The molecule has 0 saturated carbocycles.